The average molecular weight is 666 g/mol. The van der Waals surface area contributed by atoms with Gasteiger partial charge in [0.2, 0.25) is 0 Å². The Hall–Kier alpha value is -7.94. The van der Waals surface area contributed by atoms with Crippen molar-refractivity contribution in [3.05, 3.63) is 231 Å². The van der Waals surface area contributed by atoms with Crippen LogP contribution in [0.15, 0.2) is 164 Å². The van der Waals surface area contributed by atoms with E-state index in [0.29, 0.717) is 50.4 Å². The van der Waals surface area contributed by atoms with Crippen molar-refractivity contribution in [1.29, 1.82) is 15.8 Å². The Labute approximate surface area is 303 Å². The summed E-state index contributed by atoms with van der Waals surface area (Å²) in [6.07, 6.45) is 0. The molecule has 0 aliphatic carbocycles. The summed E-state index contributed by atoms with van der Waals surface area (Å²) in [6, 6.07) is 55.2. The molecule has 7 nitrogen and oxygen atoms in total. The van der Waals surface area contributed by atoms with Gasteiger partial charge in [-0.15, -0.1) is 0 Å². The molecule has 0 saturated heterocycles. The summed E-state index contributed by atoms with van der Waals surface area (Å²) in [4.78, 5) is 13.3. The lowest BCUT2D eigenvalue weighted by Crippen LogP contribution is -2.22. The zero-order valence-corrected chi connectivity index (χ0v) is 27.7. The molecule has 3 unspecified atom stereocenters. The van der Waals surface area contributed by atoms with E-state index < -0.39 is 16.6 Å². The average Bonchev–Trinajstić information content (AvgIpc) is 3.23. The molecule has 0 saturated carbocycles. The fourth-order valence-corrected chi connectivity index (χ4v) is 6.39. The molecule has 0 bridgehead atoms. The summed E-state index contributed by atoms with van der Waals surface area (Å²) in [7, 11) is 0. The fraction of sp³-hybridized carbons (Fsp3) is 0.0667. The third kappa shape index (κ3) is 5.65. The molecular formula is C45H27N7. The minimum Gasteiger partial charge on any atom is -0.311 e. The van der Waals surface area contributed by atoms with Gasteiger partial charge in [-0.2, -0.15) is 15.8 Å². The second kappa shape index (κ2) is 14.3. The fourth-order valence-electron chi connectivity index (χ4n) is 6.39. The van der Waals surface area contributed by atoms with Gasteiger partial charge in [0, 0.05) is 17.1 Å². The van der Waals surface area contributed by atoms with Crippen molar-refractivity contribution in [2.75, 3.05) is 4.90 Å². The van der Waals surface area contributed by atoms with Gasteiger partial charge in [0.1, 0.15) is 0 Å². The SMILES string of the molecule is [C-]#[N+]C(C#N)(c1ccccc1)c1ccc(N(c2ccc(C(C#N)([N+]#[C-])c3ccccc3)cc2)c2ccc(C(C#N)([N+]#[C-])c3ccccc3)cc2)cc1. The predicted molar refractivity (Wildman–Crippen MR) is 199 cm³/mol. The van der Waals surface area contributed by atoms with Gasteiger partial charge in [-0.25, -0.2) is 19.7 Å². The molecule has 0 fully saturated rings. The Morgan fingerprint density at radius 3 is 0.750 bits per heavy atom. The standard InChI is InChI=1S/C45H27N7/c1-49-43(31-46,34-13-7-4-8-14-34)37-19-25-40(26-20-37)52(41-27-21-38(22-28-41)44(32-47,50-2)35-15-9-5-10-16-35)42-29-23-39(24-30-42)45(33-48,51-3)36-17-11-6-12-18-36/h4-30H. The first-order valence-corrected chi connectivity index (χ1v) is 16.1. The van der Waals surface area contributed by atoms with Gasteiger partial charge in [-0.1, -0.05) is 54.6 Å². The van der Waals surface area contributed by atoms with E-state index >= 15 is 0 Å². The Morgan fingerprint density at radius 1 is 0.346 bits per heavy atom. The van der Waals surface area contributed by atoms with Crippen LogP contribution in [0.3, 0.4) is 0 Å². The lowest BCUT2D eigenvalue weighted by atomic mass is 9.84. The van der Waals surface area contributed by atoms with Gasteiger partial charge in [0.15, 0.2) is 18.2 Å². The third-order valence-corrected chi connectivity index (χ3v) is 9.19. The zero-order chi connectivity index (χ0) is 36.6. The third-order valence-electron chi connectivity index (χ3n) is 9.19. The van der Waals surface area contributed by atoms with Gasteiger partial charge in [-0.3, -0.25) is 14.5 Å². The highest BCUT2D eigenvalue weighted by Gasteiger charge is 2.44. The number of hydrogen-bond donors (Lipinski definition) is 0. The maximum atomic E-state index is 10.3. The van der Waals surface area contributed by atoms with E-state index in [9.17, 15) is 15.8 Å². The van der Waals surface area contributed by atoms with Crippen LogP contribution in [-0.2, 0) is 16.6 Å². The molecule has 0 heterocycles. The van der Waals surface area contributed by atoms with Crippen LogP contribution in [0.4, 0.5) is 17.1 Å². The molecule has 6 aromatic carbocycles. The smallest absolute Gasteiger partial charge is 0.311 e. The maximum Gasteiger partial charge on any atom is 0.366 e. The first-order chi connectivity index (χ1) is 25.4. The van der Waals surface area contributed by atoms with Crippen LogP contribution in [0, 0.1) is 53.7 Å². The second-order valence-electron chi connectivity index (χ2n) is 11.9. The quantitative estimate of drug-likeness (QED) is 0.144. The number of nitrogens with zero attached hydrogens (tertiary/aromatic N) is 7. The van der Waals surface area contributed by atoms with Gasteiger partial charge in [-0.05, 0) is 109 Å². The first-order valence-electron chi connectivity index (χ1n) is 16.1. The van der Waals surface area contributed by atoms with Gasteiger partial charge >= 0.3 is 16.6 Å². The predicted octanol–water partition coefficient (Wildman–Crippen LogP) is 10.2. The highest BCUT2D eigenvalue weighted by Crippen LogP contribution is 2.42. The minimum absolute atomic E-state index is 0.517. The van der Waals surface area contributed by atoms with Crippen molar-refractivity contribution in [1.82, 2.24) is 0 Å². The largest absolute Gasteiger partial charge is 0.366 e. The summed E-state index contributed by atoms with van der Waals surface area (Å²) >= 11 is 0. The number of rotatable bonds is 9. The molecule has 0 aliphatic rings. The molecule has 6 aromatic rings. The lowest BCUT2D eigenvalue weighted by molar-refractivity contribution is 0.824. The summed E-state index contributed by atoms with van der Waals surface area (Å²) in [5, 5.41) is 30.9. The van der Waals surface area contributed by atoms with Crippen LogP contribution in [0.25, 0.3) is 14.5 Å². The van der Waals surface area contributed by atoms with Crippen LogP contribution in [0.5, 0.6) is 0 Å². The summed E-state index contributed by atoms with van der Waals surface area (Å²) in [6.45, 7) is 24.1. The lowest BCUT2D eigenvalue weighted by Gasteiger charge is -2.27. The zero-order valence-electron chi connectivity index (χ0n) is 27.7. The van der Waals surface area contributed by atoms with Crippen molar-refractivity contribution >= 4 is 17.1 Å². The normalized spacial score (nSPS) is 13.7. The van der Waals surface area contributed by atoms with E-state index in [1.54, 1.807) is 109 Å². The molecule has 3 atom stereocenters. The molecule has 0 amide bonds. The molecule has 6 rings (SSSR count). The molecule has 0 N–H and O–H groups in total. The Morgan fingerprint density at radius 2 is 0.558 bits per heavy atom. The molecule has 242 valence electrons. The number of anilines is 3. The van der Waals surface area contributed by atoms with Crippen LogP contribution >= 0.6 is 0 Å². The Kier molecular flexibility index (Phi) is 9.32. The summed E-state index contributed by atoms with van der Waals surface area (Å²) in [5.74, 6) is 0. The van der Waals surface area contributed by atoms with E-state index in [2.05, 4.69) is 32.7 Å². The summed E-state index contributed by atoms with van der Waals surface area (Å²) in [5.41, 5.74) is 0.756. The topological polar surface area (TPSA) is 87.7 Å². The Bertz CT molecular complexity index is 2130. The number of benzene rings is 6. The number of hydrogen-bond acceptors (Lipinski definition) is 4. The maximum absolute atomic E-state index is 10.3. The Balaban J connectivity index is 1.47. The molecular weight excluding hydrogens is 639 g/mol. The van der Waals surface area contributed by atoms with E-state index in [1.807, 2.05) is 59.5 Å². The molecule has 0 spiro atoms. The van der Waals surface area contributed by atoms with Crippen molar-refractivity contribution in [2.24, 2.45) is 0 Å². The van der Waals surface area contributed by atoms with Crippen molar-refractivity contribution in [3.63, 3.8) is 0 Å². The molecule has 0 aromatic heterocycles. The van der Waals surface area contributed by atoms with Crippen LogP contribution in [0.2, 0.25) is 0 Å². The van der Waals surface area contributed by atoms with Crippen LogP contribution in [0.1, 0.15) is 33.4 Å². The minimum atomic E-state index is -1.54. The molecule has 52 heavy (non-hydrogen) atoms. The van der Waals surface area contributed by atoms with Crippen LogP contribution < -0.4 is 4.90 Å². The van der Waals surface area contributed by atoms with E-state index in [-0.39, 0.29) is 0 Å². The highest BCUT2D eigenvalue weighted by atomic mass is 15.1. The highest BCUT2D eigenvalue weighted by molar-refractivity contribution is 5.77. The monoisotopic (exact) mass is 665 g/mol. The second-order valence-corrected chi connectivity index (χ2v) is 11.9. The van der Waals surface area contributed by atoms with E-state index in [0.717, 1.165) is 0 Å². The van der Waals surface area contributed by atoms with Crippen LogP contribution in [-0.4, -0.2) is 0 Å². The van der Waals surface area contributed by atoms with E-state index in [1.165, 1.54) is 0 Å². The first kappa shape index (κ1) is 33.9. The number of nitriles is 3. The molecule has 0 radical (unpaired) electrons. The van der Waals surface area contributed by atoms with E-state index in [4.69, 9.17) is 19.7 Å². The molecule has 0 aliphatic heterocycles. The van der Waals surface area contributed by atoms with Gasteiger partial charge in [0.05, 0.1) is 33.4 Å². The van der Waals surface area contributed by atoms with Gasteiger partial charge < -0.3 is 4.90 Å². The van der Waals surface area contributed by atoms with Gasteiger partial charge in [0.25, 0.3) is 0 Å². The van der Waals surface area contributed by atoms with Crippen molar-refractivity contribution < 1.29 is 0 Å². The van der Waals surface area contributed by atoms with Crippen molar-refractivity contribution in [3.8, 4) is 18.2 Å². The molecule has 7 heteroatoms. The van der Waals surface area contributed by atoms with Crippen molar-refractivity contribution in [2.45, 2.75) is 16.6 Å². The summed E-state index contributed by atoms with van der Waals surface area (Å²) < 4.78 is 0.